The zero-order valence-electron chi connectivity index (χ0n) is 47.5. The Morgan fingerprint density at radius 1 is 0.282 bits per heavy atom. The van der Waals surface area contributed by atoms with Gasteiger partial charge in [-0.15, -0.1) is 0 Å². The number of allylic oxidation sites excluding steroid dienone is 8. The molecule has 0 aliphatic rings. The Bertz CT molecular complexity index is 1230. The lowest BCUT2D eigenvalue weighted by Crippen LogP contribution is -2.30. The number of ether oxygens (including phenoxy) is 3. The minimum Gasteiger partial charge on any atom is -0.462 e. The minimum atomic E-state index is -0.780. The molecular formula is C65H118O6. The number of unbranched alkanes of at least 4 members (excludes halogenated alkanes) is 38. The van der Waals surface area contributed by atoms with E-state index in [4.69, 9.17) is 14.2 Å². The molecular weight excluding hydrogens is 877 g/mol. The fraction of sp³-hybridized carbons (Fsp3) is 0.831. The third-order valence-electron chi connectivity index (χ3n) is 13.8. The number of esters is 3. The van der Waals surface area contributed by atoms with Crippen LogP contribution in [0.2, 0.25) is 0 Å². The van der Waals surface area contributed by atoms with Gasteiger partial charge in [0.05, 0.1) is 0 Å². The van der Waals surface area contributed by atoms with E-state index in [9.17, 15) is 14.4 Å². The van der Waals surface area contributed by atoms with Gasteiger partial charge in [0.15, 0.2) is 6.10 Å². The van der Waals surface area contributed by atoms with Crippen LogP contribution in [0.25, 0.3) is 0 Å². The molecule has 0 aliphatic heterocycles. The van der Waals surface area contributed by atoms with Crippen molar-refractivity contribution < 1.29 is 28.6 Å². The molecule has 0 aliphatic carbocycles. The Labute approximate surface area is 441 Å². The van der Waals surface area contributed by atoms with Gasteiger partial charge in [0.1, 0.15) is 13.2 Å². The third-order valence-corrected chi connectivity index (χ3v) is 13.8. The Morgan fingerprint density at radius 2 is 0.521 bits per heavy atom. The maximum absolute atomic E-state index is 12.9. The van der Waals surface area contributed by atoms with E-state index >= 15 is 0 Å². The average molecular weight is 996 g/mol. The summed E-state index contributed by atoms with van der Waals surface area (Å²) in [5.74, 6) is -0.883. The smallest absolute Gasteiger partial charge is 0.306 e. The van der Waals surface area contributed by atoms with Gasteiger partial charge in [-0.2, -0.15) is 0 Å². The molecule has 0 rings (SSSR count). The van der Waals surface area contributed by atoms with Crippen molar-refractivity contribution >= 4 is 17.9 Å². The van der Waals surface area contributed by atoms with Crippen molar-refractivity contribution in [2.75, 3.05) is 13.2 Å². The van der Waals surface area contributed by atoms with Gasteiger partial charge in [0.25, 0.3) is 0 Å². The van der Waals surface area contributed by atoms with Gasteiger partial charge in [-0.05, 0) is 77.0 Å². The Balaban J connectivity index is 4.29. The summed E-state index contributed by atoms with van der Waals surface area (Å²) in [6, 6.07) is 0. The van der Waals surface area contributed by atoms with Gasteiger partial charge in [0, 0.05) is 19.3 Å². The van der Waals surface area contributed by atoms with Crippen LogP contribution in [0.5, 0.6) is 0 Å². The lowest BCUT2D eigenvalue weighted by atomic mass is 10.0. The summed E-state index contributed by atoms with van der Waals surface area (Å²) >= 11 is 0. The lowest BCUT2D eigenvalue weighted by molar-refractivity contribution is -0.167. The molecule has 0 amide bonds. The average Bonchev–Trinajstić information content (AvgIpc) is 3.37. The summed E-state index contributed by atoms with van der Waals surface area (Å²) in [5.41, 5.74) is 0. The highest BCUT2D eigenvalue weighted by atomic mass is 16.6. The first-order valence-corrected chi connectivity index (χ1v) is 31.1. The van der Waals surface area contributed by atoms with E-state index in [1.807, 2.05) is 0 Å². The van der Waals surface area contributed by atoms with E-state index in [0.717, 1.165) is 83.5 Å². The molecule has 414 valence electrons. The van der Waals surface area contributed by atoms with E-state index in [1.54, 1.807) is 0 Å². The van der Waals surface area contributed by atoms with E-state index in [-0.39, 0.29) is 31.1 Å². The first kappa shape index (κ1) is 68.4. The zero-order valence-corrected chi connectivity index (χ0v) is 47.5. The molecule has 0 aromatic carbocycles. The molecule has 0 fully saturated rings. The van der Waals surface area contributed by atoms with E-state index in [0.29, 0.717) is 19.3 Å². The van der Waals surface area contributed by atoms with Crippen LogP contribution in [0.15, 0.2) is 48.6 Å². The van der Waals surface area contributed by atoms with E-state index in [1.165, 1.54) is 205 Å². The van der Waals surface area contributed by atoms with Crippen LogP contribution < -0.4 is 0 Å². The molecule has 6 nitrogen and oxygen atoms in total. The molecule has 0 aromatic rings. The van der Waals surface area contributed by atoms with Crippen molar-refractivity contribution in [3.05, 3.63) is 48.6 Å². The lowest BCUT2D eigenvalue weighted by Gasteiger charge is -2.18. The van der Waals surface area contributed by atoms with Crippen molar-refractivity contribution in [1.82, 2.24) is 0 Å². The number of rotatable bonds is 57. The highest BCUT2D eigenvalue weighted by Crippen LogP contribution is 2.17. The summed E-state index contributed by atoms with van der Waals surface area (Å²) in [7, 11) is 0. The Hall–Kier alpha value is -2.63. The normalized spacial score (nSPS) is 12.3. The van der Waals surface area contributed by atoms with Crippen LogP contribution in [-0.2, 0) is 28.6 Å². The van der Waals surface area contributed by atoms with Crippen LogP contribution in [0.3, 0.4) is 0 Å². The predicted molar refractivity (Wildman–Crippen MR) is 307 cm³/mol. The van der Waals surface area contributed by atoms with Crippen molar-refractivity contribution in [3.63, 3.8) is 0 Å². The van der Waals surface area contributed by atoms with Gasteiger partial charge in [-0.25, -0.2) is 0 Å². The van der Waals surface area contributed by atoms with Crippen molar-refractivity contribution in [1.29, 1.82) is 0 Å². The second kappa shape index (κ2) is 59.9. The second-order valence-electron chi connectivity index (χ2n) is 21.0. The third kappa shape index (κ3) is 58.1. The summed E-state index contributed by atoms with van der Waals surface area (Å²) in [6.45, 7) is 6.62. The number of carbonyl (C=O) groups is 3. The van der Waals surface area contributed by atoms with Crippen molar-refractivity contribution in [3.8, 4) is 0 Å². The summed E-state index contributed by atoms with van der Waals surface area (Å²) < 4.78 is 16.9. The van der Waals surface area contributed by atoms with Crippen LogP contribution in [0, 0.1) is 0 Å². The van der Waals surface area contributed by atoms with Crippen LogP contribution in [-0.4, -0.2) is 37.2 Å². The number of hydrogen-bond donors (Lipinski definition) is 0. The second-order valence-corrected chi connectivity index (χ2v) is 21.0. The van der Waals surface area contributed by atoms with Crippen molar-refractivity contribution in [2.24, 2.45) is 0 Å². The quantitative estimate of drug-likeness (QED) is 0.0261. The zero-order chi connectivity index (χ0) is 51.4. The number of carbonyl (C=O) groups excluding carboxylic acids is 3. The monoisotopic (exact) mass is 995 g/mol. The van der Waals surface area contributed by atoms with Crippen LogP contribution in [0.1, 0.15) is 329 Å². The molecule has 0 saturated heterocycles. The van der Waals surface area contributed by atoms with Crippen molar-refractivity contribution in [2.45, 2.75) is 335 Å². The summed E-state index contributed by atoms with van der Waals surface area (Å²) in [4.78, 5) is 38.2. The fourth-order valence-electron chi connectivity index (χ4n) is 9.08. The number of hydrogen-bond acceptors (Lipinski definition) is 6. The highest BCUT2D eigenvalue weighted by Gasteiger charge is 2.19. The van der Waals surface area contributed by atoms with Crippen LogP contribution >= 0.6 is 0 Å². The molecule has 0 heterocycles. The molecule has 0 aromatic heterocycles. The molecule has 1 unspecified atom stereocenters. The molecule has 0 radical (unpaired) electrons. The summed E-state index contributed by atoms with van der Waals surface area (Å²) in [5, 5.41) is 0. The predicted octanol–water partition coefficient (Wildman–Crippen LogP) is 21.0. The molecule has 0 spiro atoms. The Morgan fingerprint density at radius 3 is 0.845 bits per heavy atom. The molecule has 6 heteroatoms. The standard InChI is InChI=1S/C65H118O6/c1-4-7-10-13-16-19-22-24-26-28-30-32-34-36-38-40-43-46-49-52-55-58-64(67)70-61-62(60-69-63(66)57-54-51-48-45-42-21-18-15-12-9-6-3)71-65(68)59-56-53-50-47-44-41-39-37-35-33-31-29-27-25-23-20-17-14-11-8-5-2/h15,18,22,24,28,30,34,36,62H,4-14,16-17,19-21,23,25-27,29,31-33,35,37-61H2,1-3H3/b18-15-,24-22-,30-28-,36-34-. The highest BCUT2D eigenvalue weighted by molar-refractivity contribution is 5.71. The summed E-state index contributed by atoms with van der Waals surface area (Å²) in [6.07, 6.45) is 74.0. The van der Waals surface area contributed by atoms with E-state index < -0.39 is 6.10 Å². The van der Waals surface area contributed by atoms with E-state index in [2.05, 4.69) is 69.4 Å². The van der Waals surface area contributed by atoms with Gasteiger partial charge in [0.2, 0.25) is 0 Å². The maximum atomic E-state index is 12.9. The fourth-order valence-corrected chi connectivity index (χ4v) is 9.08. The topological polar surface area (TPSA) is 78.9 Å². The largest absolute Gasteiger partial charge is 0.462 e. The maximum Gasteiger partial charge on any atom is 0.306 e. The van der Waals surface area contributed by atoms with Crippen LogP contribution in [0.4, 0.5) is 0 Å². The minimum absolute atomic E-state index is 0.0790. The van der Waals surface area contributed by atoms with Gasteiger partial charge >= 0.3 is 17.9 Å². The van der Waals surface area contributed by atoms with Gasteiger partial charge in [-0.3, -0.25) is 14.4 Å². The first-order valence-electron chi connectivity index (χ1n) is 31.1. The molecule has 1 atom stereocenters. The van der Waals surface area contributed by atoms with Gasteiger partial charge < -0.3 is 14.2 Å². The van der Waals surface area contributed by atoms with Gasteiger partial charge in [-0.1, -0.05) is 281 Å². The molecule has 0 saturated carbocycles. The molecule has 71 heavy (non-hydrogen) atoms. The molecule has 0 bridgehead atoms. The Kier molecular flexibility index (Phi) is 57.7. The molecule has 0 N–H and O–H groups in total. The SMILES string of the molecule is CCCC/C=C\CCCCCCCC(=O)OCC(COC(=O)CCCCCCCC/C=C\C/C=C\C/C=C\CCCCCCC)OC(=O)CCCCCCCCCCCCCCCCCCCCCCC. The first-order chi connectivity index (χ1) is 35.0.